The van der Waals surface area contributed by atoms with Crippen LogP contribution in [0.5, 0.6) is 0 Å². The Morgan fingerprint density at radius 1 is 2.17 bits per heavy atom. The maximum atomic E-state index is 7.15. The van der Waals surface area contributed by atoms with Crippen LogP contribution in [0.2, 0.25) is 0 Å². The summed E-state index contributed by atoms with van der Waals surface area (Å²) in [6, 6.07) is -0.250. The van der Waals surface area contributed by atoms with Crippen LogP contribution in [-0.2, 0) is 0 Å². The lowest BCUT2D eigenvalue weighted by molar-refractivity contribution is 1.06. The second kappa shape index (κ2) is 4.48. The highest BCUT2D eigenvalue weighted by atomic mass is 13.7. The van der Waals surface area contributed by atoms with Crippen molar-refractivity contribution >= 4 is 0 Å². The molecule has 0 bridgehead atoms. The fraction of sp³-hybridized carbons (Fsp3) is 0.333. The summed E-state index contributed by atoms with van der Waals surface area (Å²) < 4.78 is 27.6. The van der Waals surface area contributed by atoms with Crippen LogP contribution in [-0.4, -0.2) is 0 Å². The first-order valence-corrected chi connectivity index (χ1v) is 1.76. The van der Waals surface area contributed by atoms with Gasteiger partial charge in [-0.1, -0.05) is 12.1 Å². The van der Waals surface area contributed by atoms with Crippen LogP contribution in [0.3, 0.4) is 0 Å². The van der Waals surface area contributed by atoms with Crippen molar-refractivity contribution in [1.82, 2.24) is 0 Å². The van der Waals surface area contributed by atoms with Crippen molar-refractivity contribution in [3.63, 3.8) is 0 Å². The lowest BCUT2D eigenvalue weighted by Gasteiger charge is -1.76. The topological polar surface area (TPSA) is 0 Å². The Morgan fingerprint density at radius 3 is 3.50 bits per heavy atom. The number of hydrogen-bond acceptors (Lipinski definition) is 0. The fourth-order valence-corrected chi connectivity index (χ4v) is 0.142. The summed E-state index contributed by atoms with van der Waals surface area (Å²) in [4.78, 5) is 0. The Balaban J connectivity index is 4.06. The summed E-state index contributed by atoms with van der Waals surface area (Å²) in [5.41, 5.74) is 0. The number of rotatable bonds is 3. The molecule has 0 aliphatic carbocycles. The third-order valence-corrected chi connectivity index (χ3v) is 0.387. The molecule has 0 nitrogen and oxygen atoms in total. The first kappa shape index (κ1) is 1.53. The molecule has 0 aromatic rings. The van der Waals surface area contributed by atoms with Crippen LogP contribution >= 0.6 is 0 Å². The van der Waals surface area contributed by atoms with E-state index in [4.69, 9.17) is 5.48 Å². The first-order chi connectivity index (χ1) is 4.59. The van der Waals surface area contributed by atoms with Crippen molar-refractivity contribution in [1.29, 1.82) is 0 Å². The second-order valence-electron chi connectivity index (χ2n) is 0.873. The van der Waals surface area contributed by atoms with E-state index >= 15 is 0 Å². The maximum Gasteiger partial charge on any atom is 0.0570 e. The SMILES string of the molecule is [2H]C([2H])=C([2H])C([2H])CC=C. The van der Waals surface area contributed by atoms with E-state index in [9.17, 15) is 0 Å². The van der Waals surface area contributed by atoms with Gasteiger partial charge in [0.2, 0.25) is 0 Å². The molecular weight excluding hydrogens is 72.1 g/mol. The molecular formula is C6H10. The standard InChI is InChI=1S/C6H10/c1-3-5-6-4-2/h3-4H,1-2,5-6H2/i1D2,3D,5D. The average Bonchev–Trinajstić information content (AvgIpc) is 1.87. The molecule has 0 amide bonds. The normalized spacial score (nSPS) is 21.3. The van der Waals surface area contributed by atoms with Gasteiger partial charge in [0.25, 0.3) is 0 Å². The third-order valence-electron chi connectivity index (χ3n) is 0.387. The zero-order chi connectivity index (χ0) is 8.15. The van der Waals surface area contributed by atoms with E-state index in [1.54, 1.807) is 0 Å². The molecule has 0 radical (unpaired) electrons. The van der Waals surface area contributed by atoms with Gasteiger partial charge in [0.05, 0.1) is 4.11 Å². The van der Waals surface area contributed by atoms with Crippen molar-refractivity contribution in [2.24, 2.45) is 0 Å². The zero-order valence-electron chi connectivity index (χ0n) is 7.57. The number of allylic oxidation sites excluding steroid dienone is 2. The zero-order valence-corrected chi connectivity index (χ0v) is 3.57. The quantitative estimate of drug-likeness (QED) is 0.461. The molecule has 0 rings (SSSR count). The molecule has 0 heterocycles. The Hall–Kier alpha value is -0.520. The van der Waals surface area contributed by atoms with Gasteiger partial charge < -0.3 is 0 Å². The van der Waals surface area contributed by atoms with Crippen LogP contribution in [0.4, 0.5) is 0 Å². The lowest BCUT2D eigenvalue weighted by atomic mass is 10.3. The van der Waals surface area contributed by atoms with E-state index < -0.39 is 12.9 Å². The minimum Gasteiger partial charge on any atom is -0.103 e. The molecule has 0 saturated heterocycles. The summed E-state index contributed by atoms with van der Waals surface area (Å²) in [5.74, 6) is 0. The smallest absolute Gasteiger partial charge is 0.0570 e. The Labute approximate surface area is 44.8 Å². The maximum absolute atomic E-state index is 7.15. The van der Waals surface area contributed by atoms with Gasteiger partial charge >= 0.3 is 0 Å². The molecule has 0 aromatic carbocycles. The predicted molar refractivity (Wildman–Crippen MR) is 29.6 cm³/mol. The van der Waals surface area contributed by atoms with Crippen molar-refractivity contribution in [2.75, 3.05) is 0 Å². The van der Waals surface area contributed by atoms with E-state index in [2.05, 4.69) is 6.58 Å². The lowest BCUT2D eigenvalue weighted by Crippen LogP contribution is -1.56. The Kier molecular flexibility index (Phi) is 1.14. The van der Waals surface area contributed by atoms with E-state index in [1.165, 1.54) is 6.08 Å². The molecule has 0 fully saturated rings. The van der Waals surface area contributed by atoms with E-state index in [-0.39, 0.29) is 6.05 Å². The largest absolute Gasteiger partial charge is 0.103 e. The average molecular weight is 86.2 g/mol. The highest BCUT2D eigenvalue weighted by Crippen LogP contribution is 1.86. The highest BCUT2D eigenvalue weighted by Gasteiger charge is 1.66. The summed E-state index contributed by atoms with van der Waals surface area (Å²) in [5, 5.41) is 0. The van der Waals surface area contributed by atoms with Crippen molar-refractivity contribution < 1.29 is 5.48 Å². The molecule has 0 saturated carbocycles. The van der Waals surface area contributed by atoms with Gasteiger partial charge in [-0.05, 0) is 12.8 Å². The highest BCUT2D eigenvalue weighted by molar-refractivity contribution is 4.74. The molecule has 1 unspecified atom stereocenters. The molecule has 0 heteroatoms. The molecule has 34 valence electrons. The molecule has 0 aliphatic heterocycles. The minimum atomic E-state index is -0.789. The minimum absolute atomic E-state index is 0.250. The van der Waals surface area contributed by atoms with Gasteiger partial charge in [-0.15, -0.1) is 13.1 Å². The number of hydrogen-bond donors (Lipinski definition) is 0. The summed E-state index contributed by atoms with van der Waals surface area (Å²) in [7, 11) is 0. The Bertz CT molecular complexity index is 146. The van der Waals surface area contributed by atoms with Crippen LogP contribution in [0.1, 0.15) is 18.3 Å². The van der Waals surface area contributed by atoms with E-state index in [0.717, 1.165) is 0 Å². The van der Waals surface area contributed by atoms with Crippen molar-refractivity contribution in [2.45, 2.75) is 12.8 Å². The van der Waals surface area contributed by atoms with E-state index in [1.807, 2.05) is 0 Å². The van der Waals surface area contributed by atoms with Crippen LogP contribution < -0.4 is 0 Å². The molecule has 0 spiro atoms. The Morgan fingerprint density at radius 2 is 3.00 bits per heavy atom. The van der Waals surface area contributed by atoms with Crippen molar-refractivity contribution in [3.05, 3.63) is 25.2 Å². The predicted octanol–water partition coefficient (Wildman–Crippen LogP) is 2.14. The van der Waals surface area contributed by atoms with Crippen LogP contribution in [0.25, 0.3) is 0 Å². The molecule has 0 N–H and O–H groups in total. The van der Waals surface area contributed by atoms with Gasteiger partial charge in [-0.3, -0.25) is 0 Å². The van der Waals surface area contributed by atoms with Crippen LogP contribution in [0.15, 0.2) is 25.2 Å². The fourth-order valence-electron chi connectivity index (χ4n) is 0.142. The van der Waals surface area contributed by atoms with Gasteiger partial charge in [0.15, 0.2) is 0 Å². The molecule has 1 atom stereocenters. The van der Waals surface area contributed by atoms with Gasteiger partial charge in [-0.25, -0.2) is 0 Å². The van der Waals surface area contributed by atoms with Gasteiger partial charge in [0, 0.05) is 1.37 Å². The molecule has 0 aliphatic rings. The molecule has 6 heavy (non-hydrogen) atoms. The van der Waals surface area contributed by atoms with Gasteiger partial charge in [0.1, 0.15) is 0 Å². The summed E-state index contributed by atoms with van der Waals surface area (Å²) >= 11 is 0. The summed E-state index contributed by atoms with van der Waals surface area (Å²) in [6.07, 6.45) is 1.05. The second-order valence-corrected chi connectivity index (χ2v) is 0.873. The van der Waals surface area contributed by atoms with Crippen molar-refractivity contribution in [3.8, 4) is 0 Å². The van der Waals surface area contributed by atoms with E-state index in [0.29, 0.717) is 6.42 Å². The molecule has 0 aromatic heterocycles. The monoisotopic (exact) mass is 86.1 g/mol. The van der Waals surface area contributed by atoms with Crippen LogP contribution in [0, 0.1) is 0 Å². The first-order valence-electron chi connectivity index (χ1n) is 3.84. The third kappa shape index (κ3) is 3.48. The van der Waals surface area contributed by atoms with Gasteiger partial charge in [-0.2, -0.15) is 0 Å². The summed E-state index contributed by atoms with van der Waals surface area (Å²) in [6.45, 7) is 2.81.